The SMILES string of the molecule is CC(C)(C)OC(=O)N1CCC1COc1cncc(C2CC2CO)c1. The van der Waals surface area contributed by atoms with Gasteiger partial charge in [0.1, 0.15) is 18.0 Å². The summed E-state index contributed by atoms with van der Waals surface area (Å²) in [6, 6.07) is 2.04. The Kier molecular flexibility index (Phi) is 4.67. The van der Waals surface area contributed by atoms with Gasteiger partial charge in [-0.1, -0.05) is 0 Å². The summed E-state index contributed by atoms with van der Waals surface area (Å²) in [5.41, 5.74) is 0.633. The van der Waals surface area contributed by atoms with Crippen molar-refractivity contribution in [2.75, 3.05) is 19.8 Å². The number of likely N-dealkylation sites (tertiary alicyclic amines) is 1. The summed E-state index contributed by atoms with van der Waals surface area (Å²) in [5, 5.41) is 9.18. The first-order valence-corrected chi connectivity index (χ1v) is 8.55. The second-order valence-electron chi connectivity index (χ2n) is 7.67. The molecule has 1 aliphatic carbocycles. The van der Waals surface area contributed by atoms with Crippen LogP contribution in [0.4, 0.5) is 4.79 Å². The van der Waals surface area contributed by atoms with E-state index in [1.165, 1.54) is 0 Å². The molecular formula is C18H26N2O4. The average Bonchev–Trinajstić information content (AvgIpc) is 3.24. The highest BCUT2D eigenvalue weighted by molar-refractivity contribution is 5.69. The Balaban J connectivity index is 1.51. The highest BCUT2D eigenvalue weighted by Crippen LogP contribution is 2.47. The van der Waals surface area contributed by atoms with Gasteiger partial charge in [0.25, 0.3) is 0 Å². The smallest absolute Gasteiger partial charge is 0.410 e. The lowest BCUT2D eigenvalue weighted by molar-refractivity contribution is -0.0141. The predicted molar refractivity (Wildman–Crippen MR) is 89.0 cm³/mol. The zero-order valence-corrected chi connectivity index (χ0v) is 14.6. The van der Waals surface area contributed by atoms with Crippen LogP contribution in [0, 0.1) is 5.92 Å². The number of rotatable bonds is 5. The van der Waals surface area contributed by atoms with Gasteiger partial charge in [-0.3, -0.25) is 4.98 Å². The van der Waals surface area contributed by atoms with E-state index in [1.54, 1.807) is 11.1 Å². The van der Waals surface area contributed by atoms with Crippen LogP contribution in [0.25, 0.3) is 0 Å². The van der Waals surface area contributed by atoms with Crippen molar-refractivity contribution in [2.45, 2.75) is 51.2 Å². The molecule has 2 aliphatic rings. The van der Waals surface area contributed by atoms with Crippen LogP contribution in [0.5, 0.6) is 5.75 Å². The van der Waals surface area contributed by atoms with Gasteiger partial charge in [0, 0.05) is 19.3 Å². The lowest BCUT2D eigenvalue weighted by Gasteiger charge is -2.40. The summed E-state index contributed by atoms with van der Waals surface area (Å²) in [5.74, 6) is 1.47. The fourth-order valence-electron chi connectivity index (χ4n) is 2.94. The van der Waals surface area contributed by atoms with Gasteiger partial charge < -0.3 is 19.5 Å². The van der Waals surface area contributed by atoms with Crippen LogP contribution >= 0.6 is 0 Å². The predicted octanol–water partition coefficient (Wildman–Crippen LogP) is 2.57. The standard InChI is InChI=1S/C18H26N2O4/c1-18(2,3)24-17(22)20-5-4-14(20)11-23-15-6-12(8-19-9-15)16-7-13(16)10-21/h6,8-9,13-14,16,21H,4-5,7,10-11H2,1-3H3. The molecule has 1 saturated heterocycles. The molecule has 0 spiro atoms. The van der Waals surface area contributed by atoms with Gasteiger partial charge in [-0.25, -0.2) is 4.79 Å². The molecule has 1 aliphatic heterocycles. The second-order valence-corrected chi connectivity index (χ2v) is 7.67. The molecule has 1 N–H and O–H groups in total. The number of carbonyl (C=O) groups is 1. The normalized spacial score (nSPS) is 25.8. The van der Waals surface area contributed by atoms with Gasteiger partial charge in [-0.05, 0) is 57.1 Å². The van der Waals surface area contributed by atoms with Crippen LogP contribution in [0.1, 0.15) is 45.1 Å². The Morgan fingerprint density at radius 3 is 2.79 bits per heavy atom. The summed E-state index contributed by atoms with van der Waals surface area (Å²) in [6.07, 6.45) is 5.18. The molecule has 2 fully saturated rings. The molecule has 2 heterocycles. The monoisotopic (exact) mass is 334 g/mol. The quantitative estimate of drug-likeness (QED) is 0.896. The molecule has 3 rings (SSSR count). The van der Waals surface area contributed by atoms with E-state index < -0.39 is 5.60 Å². The Hall–Kier alpha value is -1.82. The topological polar surface area (TPSA) is 71.9 Å². The van der Waals surface area contributed by atoms with Crippen molar-refractivity contribution in [1.29, 1.82) is 0 Å². The van der Waals surface area contributed by atoms with E-state index in [4.69, 9.17) is 9.47 Å². The van der Waals surface area contributed by atoms with E-state index in [1.807, 2.05) is 33.0 Å². The average molecular weight is 334 g/mol. The lowest BCUT2D eigenvalue weighted by atomic mass is 10.1. The van der Waals surface area contributed by atoms with Crippen LogP contribution in [-0.4, -0.2) is 52.5 Å². The molecule has 1 aromatic heterocycles. The fraction of sp³-hybridized carbons (Fsp3) is 0.667. The van der Waals surface area contributed by atoms with Crippen molar-refractivity contribution >= 4 is 6.09 Å². The molecule has 0 bridgehead atoms. The second kappa shape index (κ2) is 6.59. The Labute approximate surface area is 142 Å². The third-order valence-electron chi connectivity index (χ3n) is 4.53. The molecule has 1 amide bonds. The molecule has 24 heavy (non-hydrogen) atoms. The summed E-state index contributed by atoms with van der Waals surface area (Å²) < 4.78 is 11.2. The molecule has 6 nitrogen and oxygen atoms in total. The molecular weight excluding hydrogens is 308 g/mol. The van der Waals surface area contributed by atoms with Gasteiger partial charge in [-0.15, -0.1) is 0 Å². The third-order valence-corrected chi connectivity index (χ3v) is 4.53. The van der Waals surface area contributed by atoms with Crippen molar-refractivity contribution < 1.29 is 19.4 Å². The van der Waals surface area contributed by atoms with Gasteiger partial charge in [0.2, 0.25) is 0 Å². The van der Waals surface area contributed by atoms with E-state index in [-0.39, 0.29) is 18.7 Å². The zero-order valence-electron chi connectivity index (χ0n) is 14.6. The van der Waals surface area contributed by atoms with Crippen LogP contribution in [-0.2, 0) is 4.74 Å². The number of hydrogen-bond acceptors (Lipinski definition) is 5. The van der Waals surface area contributed by atoms with E-state index in [2.05, 4.69) is 4.98 Å². The van der Waals surface area contributed by atoms with Crippen LogP contribution in [0.3, 0.4) is 0 Å². The number of amides is 1. The first-order valence-electron chi connectivity index (χ1n) is 8.55. The van der Waals surface area contributed by atoms with Gasteiger partial charge in [0.15, 0.2) is 0 Å². The maximum Gasteiger partial charge on any atom is 0.410 e. The molecule has 0 aromatic carbocycles. The third kappa shape index (κ3) is 3.98. The van der Waals surface area contributed by atoms with Gasteiger partial charge >= 0.3 is 6.09 Å². The van der Waals surface area contributed by atoms with Gasteiger partial charge in [0.05, 0.1) is 12.2 Å². The first kappa shape index (κ1) is 17.0. The van der Waals surface area contributed by atoms with Crippen molar-refractivity contribution in [2.24, 2.45) is 5.92 Å². The molecule has 1 aromatic rings. The summed E-state index contributed by atoms with van der Waals surface area (Å²) in [7, 11) is 0. The molecule has 0 radical (unpaired) electrons. The highest BCUT2D eigenvalue weighted by atomic mass is 16.6. The van der Waals surface area contributed by atoms with Crippen molar-refractivity contribution in [1.82, 2.24) is 9.88 Å². The maximum absolute atomic E-state index is 12.1. The first-order chi connectivity index (χ1) is 11.4. The number of pyridine rings is 1. The number of ether oxygens (including phenoxy) is 2. The largest absolute Gasteiger partial charge is 0.490 e. The highest BCUT2D eigenvalue weighted by Gasteiger charge is 2.38. The number of carbonyl (C=O) groups excluding carboxylic acids is 1. The molecule has 6 heteroatoms. The number of aliphatic hydroxyl groups is 1. The Bertz CT molecular complexity index is 599. The summed E-state index contributed by atoms with van der Waals surface area (Å²) in [4.78, 5) is 18.0. The minimum atomic E-state index is -0.482. The molecule has 3 atom stereocenters. The summed E-state index contributed by atoms with van der Waals surface area (Å²) in [6.45, 7) is 6.98. The van der Waals surface area contributed by atoms with E-state index in [0.29, 0.717) is 30.7 Å². The molecule has 3 unspecified atom stereocenters. The molecule has 1 saturated carbocycles. The van der Waals surface area contributed by atoms with Crippen LogP contribution in [0.2, 0.25) is 0 Å². The summed E-state index contributed by atoms with van der Waals surface area (Å²) >= 11 is 0. The Morgan fingerprint density at radius 2 is 2.21 bits per heavy atom. The van der Waals surface area contributed by atoms with E-state index in [0.717, 1.165) is 18.4 Å². The van der Waals surface area contributed by atoms with Crippen molar-refractivity contribution in [3.63, 3.8) is 0 Å². The van der Waals surface area contributed by atoms with Crippen molar-refractivity contribution in [3.05, 3.63) is 24.0 Å². The number of hydrogen-bond donors (Lipinski definition) is 1. The number of nitrogens with zero attached hydrogens (tertiary/aromatic N) is 2. The Morgan fingerprint density at radius 1 is 1.42 bits per heavy atom. The number of aliphatic hydroxyl groups excluding tert-OH is 1. The minimum absolute atomic E-state index is 0.0506. The lowest BCUT2D eigenvalue weighted by Crippen LogP contribution is -2.55. The van der Waals surface area contributed by atoms with Crippen LogP contribution in [0.15, 0.2) is 18.5 Å². The van der Waals surface area contributed by atoms with E-state index >= 15 is 0 Å². The number of aromatic nitrogens is 1. The maximum atomic E-state index is 12.1. The van der Waals surface area contributed by atoms with Gasteiger partial charge in [-0.2, -0.15) is 0 Å². The van der Waals surface area contributed by atoms with Crippen molar-refractivity contribution in [3.8, 4) is 5.75 Å². The fourth-order valence-corrected chi connectivity index (χ4v) is 2.94. The molecule has 132 valence electrons. The zero-order chi connectivity index (χ0) is 17.3. The van der Waals surface area contributed by atoms with E-state index in [9.17, 15) is 9.90 Å². The minimum Gasteiger partial charge on any atom is -0.490 e. The van der Waals surface area contributed by atoms with Crippen LogP contribution < -0.4 is 4.74 Å².